The van der Waals surface area contributed by atoms with Crippen LogP contribution < -0.4 is 0 Å². The Hall–Kier alpha value is -3.00. The lowest BCUT2D eigenvalue weighted by Crippen LogP contribution is -2.28. The largest absolute Gasteiger partial charge is 0.277 e. The molecule has 0 unspecified atom stereocenters. The molecule has 0 aromatic heterocycles. The Morgan fingerprint density at radius 3 is 1.65 bits per heavy atom. The van der Waals surface area contributed by atoms with Gasteiger partial charge in [0.15, 0.2) is 0 Å². The molecule has 128 valence electrons. The Bertz CT molecular complexity index is 939. The van der Waals surface area contributed by atoms with Crippen LogP contribution in [0.1, 0.15) is 35.2 Å². The van der Waals surface area contributed by atoms with E-state index in [2.05, 4.69) is 86.6 Å². The van der Waals surface area contributed by atoms with Crippen LogP contribution in [0.4, 0.5) is 0 Å². The van der Waals surface area contributed by atoms with Crippen molar-refractivity contribution >= 4 is 11.4 Å². The van der Waals surface area contributed by atoms with Crippen LogP contribution in [-0.4, -0.2) is 17.5 Å². The summed E-state index contributed by atoms with van der Waals surface area (Å²) in [7, 11) is 0. The molecular weight excluding hydrogens is 316 g/mol. The Balaban J connectivity index is 1.83. The number of aliphatic imine (C=N–C) groups is 2. The fraction of sp³-hybridized carbons (Fsp3) is 0.167. The molecule has 0 radical (unpaired) electrons. The molecule has 2 nitrogen and oxygen atoms in total. The highest BCUT2D eigenvalue weighted by Gasteiger charge is 2.27. The van der Waals surface area contributed by atoms with E-state index >= 15 is 0 Å². The summed E-state index contributed by atoms with van der Waals surface area (Å²) >= 11 is 0. The zero-order valence-electron chi connectivity index (χ0n) is 15.1. The third-order valence-corrected chi connectivity index (χ3v) is 4.80. The van der Waals surface area contributed by atoms with Gasteiger partial charge in [0.05, 0.1) is 23.5 Å². The summed E-state index contributed by atoms with van der Waals surface area (Å²) in [5, 5.41) is 0. The average molecular weight is 338 g/mol. The molecule has 0 saturated carbocycles. The molecule has 0 aliphatic carbocycles. The van der Waals surface area contributed by atoms with Crippen LogP contribution in [0.3, 0.4) is 0 Å². The molecule has 0 spiro atoms. The predicted molar refractivity (Wildman–Crippen MR) is 109 cm³/mol. The molecule has 2 atom stereocenters. The van der Waals surface area contributed by atoms with E-state index in [4.69, 9.17) is 9.98 Å². The van der Waals surface area contributed by atoms with E-state index in [1.54, 1.807) is 0 Å². The van der Waals surface area contributed by atoms with Crippen LogP contribution in [0.5, 0.6) is 0 Å². The maximum absolute atomic E-state index is 5.18. The van der Waals surface area contributed by atoms with Crippen molar-refractivity contribution in [3.05, 3.63) is 107 Å². The van der Waals surface area contributed by atoms with Crippen LogP contribution in [0.2, 0.25) is 0 Å². The minimum Gasteiger partial charge on any atom is -0.277 e. The third kappa shape index (κ3) is 3.23. The van der Waals surface area contributed by atoms with Gasteiger partial charge in [-0.15, -0.1) is 0 Å². The van der Waals surface area contributed by atoms with Gasteiger partial charge in [-0.05, 0) is 19.4 Å². The standard InChI is InChI=1S/C24H22N2/c1-17-13-15-21(16-14-17)22-18(2)25-23(19-9-5-3-6-10-19)24(26-22)20-11-7-4-8-12-20/h3-16,18,22H,1-2H3/t18-,22+/m1/s1. The van der Waals surface area contributed by atoms with Gasteiger partial charge in [0, 0.05) is 11.1 Å². The molecule has 3 aromatic carbocycles. The summed E-state index contributed by atoms with van der Waals surface area (Å²) in [4.78, 5) is 10.3. The van der Waals surface area contributed by atoms with Crippen molar-refractivity contribution in [3.63, 3.8) is 0 Å². The van der Waals surface area contributed by atoms with E-state index < -0.39 is 0 Å². The summed E-state index contributed by atoms with van der Waals surface area (Å²) in [5.41, 5.74) is 6.65. The Morgan fingerprint density at radius 1 is 0.615 bits per heavy atom. The van der Waals surface area contributed by atoms with E-state index in [0.717, 1.165) is 22.6 Å². The van der Waals surface area contributed by atoms with Crippen LogP contribution in [0.25, 0.3) is 0 Å². The van der Waals surface area contributed by atoms with Crippen LogP contribution in [-0.2, 0) is 0 Å². The maximum Gasteiger partial charge on any atom is 0.0978 e. The maximum atomic E-state index is 5.18. The highest BCUT2D eigenvalue weighted by Crippen LogP contribution is 2.30. The lowest BCUT2D eigenvalue weighted by Gasteiger charge is -2.26. The summed E-state index contributed by atoms with van der Waals surface area (Å²) < 4.78 is 0. The van der Waals surface area contributed by atoms with E-state index in [1.807, 2.05) is 12.1 Å². The Labute approximate surface area is 155 Å². The first-order valence-corrected chi connectivity index (χ1v) is 9.06. The summed E-state index contributed by atoms with van der Waals surface area (Å²) in [6.07, 6.45) is 0. The first kappa shape index (κ1) is 16.5. The molecule has 0 N–H and O–H groups in total. The van der Waals surface area contributed by atoms with Crippen molar-refractivity contribution in [2.45, 2.75) is 25.9 Å². The minimum atomic E-state index is 0.0401. The van der Waals surface area contributed by atoms with Gasteiger partial charge in [-0.2, -0.15) is 0 Å². The van der Waals surface area contributed by atoms with E-state index in [1.165, 1.54) is 11.1 Å². The molecular formula is C24H22N2. The monoisotopic (exact) mass is 338 g/mol. The second kappa shape index (κ2) is 7.09. The van der Waals surface area contributed by atoms with Crippen molar-refractivity contribution in [2.24, 2.45) is 9.98 Å². The topological polar surface area (TPSA) is 24.7 Å². The molecule has 1 aliphatic rings. The summed E-state index contributed by atoms with van der Waals surface area (Å²) in [6, 6.07) is 29.5. The number of rotatable bonds is 3. The van der Waals surface area contributed by atoms with Gasteiger partial charge in [-0.3, -0.25) is 9.98 Å². The Morgan fingerprint density at radius 2 is 1.12 bits per heavy atom. The van der Waals surface area contributed by atoms with E-state index in [-0.39, 0.29) is 12.1 Å². The van der Waals surface area contributed by atoms with Gasteiger partial charge < -0.3 is 0 Å². The van der Waals surface area contributed by atoms with Crippen LogP contribution in [0.15, 0.2) is 94.9 Å². The van der Waals surface area contributed by atoms with Crippen molar-refractivity contribution in [3.8, 4) is 0 Å². The number of benzene rings is 3. The number of nitrogens with zero attached hydrogens (tertiary/aromatic N) is 2. The van der Waals surface area contributed by atoms with E-state index in [0.29, 0.717) is 0 Å². The van der Waals surface area contributed by atoms with Crippen molar-refractivity contribution in [1.82, 2.24) is 0 Å². The zero-order valence-corrected chi connectivity index (χ0v) is 15.1. The molecule has 4 rings (SSSR count). The van der Waals surface area contributed by atoms with E-state index in [9.17, 15) is 0 Å². The van der Waals surface area contributed by atoms with Gasteiger partial charge in [-0.25, -0.2) is 0 Å². The molecule has 0 amide bonds. The van der Waals surface area contributed by atoms with Gasteiger partial charge in [0.2, 0.25) is 0 Å². The number of hydrogen-bond donors (Lipinski definition) is 0. The quantitative estimate of drug-likeness (QED) is 0.609. The normalized spacial score (nSPS) is 19.6. The van der Waals surface area contributed by atoms with Gasteiger partial charge in [-0.1, -0.05) is 90.5 Å². The van der Waals surface area contributed by atoms with Gasteiger partial charge in [0.1, 0.15) is 0 Å². The van der Waals surface area contributed by atoms with Crippen LogP contribution >= 0.6 is 0 Å². The fourth-order valence-electron chi connectivity index (χ4n) is 3.37. The first-order valence-electron chi connectivity index (χ1n) is 9.06. The van der Waals surface area contributed by atoms with Gasteiger partial charge >= 0.3 is 0 Å². The predicted octanol–water partition coefficient (Wildman–Crippen LogP) is 5.42. The minimum absolute atomic E-state index is 0.0401. The van der Waals surface area contributed by atoms with Gasteiger partial charge in [0.25, 0.3) is 0 Å². The SMILES string of the molecule is Cc1ccc([C@H]2N=C(c3ccccc3)C(c3ccccc3)=N[C@@H]2C)cc1. The second-order valence-electron chi connectivity index (χ2n) is 6.78. The molecule has 1 aliphatic heterocycles. The smallest absolute Gasteiger partial charge is 0.0978 e. The number of aryl methyl sites for hydroxylation is 1. The molecule has 3 aromatic rings. The Kier molecular flexibility index (Phi) is 4.49. The molecule has 0 bridgehead atoms. The average Bonchev–Trinajstić information content (AvgIpc) is 2.70. The number of hydrogen-bond acceptors (Lipinski definition) is 2. The van der Waals surface area contributed by atoms with Crippen molar-refractivity contribution < 1.29 is 0 Å². The highest BCUT2D eigenvalue weighted by molar-refractivity contribution is 6.53. The zero-order chi connectivity index (χ0) is 17.9. The second-order valence-corrected chi connectivity index (χ2v) is 6.78. The van der Waals surface area contributed by atoms with Crippen molar-refractivity contribution in [1.29, 1.82) is 0 Å². The highest BCUT2D eigenvalue weighted by atomic mass is 15.0. The summed E-state index contributed by atoms with van der Waals surface area (Å²) in [6.45, 7) is 4.26. The lowest BCUT2D eigenvalue weighted by atomic mass is 9.93. The molecule has 0 fully saturated rings. The molecule has 0 saturated heterocycles. The molecule has 1 heterocycles. The first-order chi connectivity index (χ1) is 12.7. The van der Waals surface area contributed by atoms with Crippen LogP contribution in [0, 0.1) is 6.92 Å². The lowest BCUT2D eigenvalue weighted by molar-refractivity contribution is 0.589. The molecule has 26 heavy (non-hydrogen) atoms. The molecule has 2 heteroatoms. The van der Waals surface area contributed by atoms with Crippen molar-refractivity contribution in [2.75, 3.05) is 0 Å². The third-order valence-electron chi connectivity index (χ3n) is 4.80. The summed E-state index contributed by atoms with van der Waals surface area (Å²) in [5.74, 6) is 0. The fourth-order valence-corrected chi connectivity index (χ4v) is 3.37.